The fourth-order valence-electron chi connectivity index (χ4n) is 2.39. The molecule has 0 N–H and O–H groups in total. The molecule has 2 rings (SSSR count). The Balaban J connectivity index is 2.29. The van der Waals surface area contributed by atoms with E-state index in [1.807, 2.05) is 0 Å². The molecule has 0 bridgehead atoms. The molecule has 0 saturated carbocycles. The van der Waals surface area contributed by atoms with Crippen molar-refractivity contribution in [2.24, 2.45) is 0 Å². The Hall–Kier alpha value is -1.10. The van der Waals surface area contributed by atoms with Crippen LogP contribution in [-0.2, 0) is 0 Å². The zero-order valence-corrected chi connectivity index (χ0v) is 12.7. The second-order valence-corrected chi connectivity index (χ2v) is 5.28. The molecule has 1 aliphatic heterocycles. The van der Waals surface area contributed by atoms with Crippen LogP contribution in [0.25, 0.3) is 0 Å². The van der Waals surface area contributed by atoms with Gasteiger partial charge in [0.15, 0.2) is 0 Å². The van der Waals surface area contributed by atoms with E-state index in [0.717, 1.165) is 26.1 Å². The quantitative estimate of drug-likeness (QED) is 0.831. The van der Waals surface area contributed by atoms with E-state index >= 15 is 0 Å². The molecule has 1 unspecified atom stereocenters. The molecule has 0 aromatic carbocycles. The van der Waals surface area contributed by atoms with E-state index < -0.39 is 0 Å². The standard InChI is InChI=1S/C13H22ClN5/c1-4-10(3)19(5-2)13-16-11(14)15-12(17-13)18-8-6-7-9-18/h10H,4-9H2,1-3H3. The first-order valence-electron chi connectivity index (χ1n) is 7.08. The maximum atomic E-state index is 6.06. The highest BCUT2D eigenvalue weighted by Gasteiger charge is 2.20. The second kappa shape index (κ2) is 6.37. The molecule has 5 nitrogen and oxygen atoms in total. The van der Waals surface area contributed by atoms with Crippen molar-refractivity contribution >= 4 is 23.5 Å². The lowest BCUT2D eigenvalue weighted by atomic mass is 10.2. The van der Waals surface area contributed by atoms with Gasteiger partial charge >= 0.3 is 0 Å². The van der Waals surface area contributed by atoms with E-state index in [-0.39, 0.29) is 5.28 Å². The molecule has 0 spiro atoms. The molecule has 0 radical (unpaired) electrons. The number of halogens is 1. The van der Waals surface area contributed by atoms with E-state index in [2.05, 4.69) is 45.5 Å². The molecule has 1 aromatic rings. The van der Waals surface area contributed by atoms with Crippen molar-refractivity contribution in [3.63, 3.8) is 0 Å². The average Bonchev–Trinajstić information content (AvgIpc) is 2.92. The van der Waals surface area contributed by atoms with Gasteiger partial charge in [0.1, 0.15) is 0 Å². The number of hydrogen-bond donors (Lipinski definition) is 0. The van der Waals surface area contributed by atoms with E-state index in [4.69, 9.17) is 11.6 Å². The Morgan fingerprint density at radius 3 is 2.47 bits per heavy atom. The van der Waals surface area contributed by atoms with Crippen molar-refractivity contribution in [2.75, 3.05) is 29.4 Å². The Kier molecular flexibility index (Phi) is 4.80. The van der Waals surface area contributed by atoms with Crippen molar-refractivity contribution < 1.29 is 0 Å². The van der Waals surface area contributed by atoms with E-state index in [1.54, 1.807) is 0 Å². The van der Waals surface area contributed by atoms with Gasteiger partial charge in [-0.05, 0) is 44.7 Å². The highest BCUT2D eigenvalue weighted by atomic mass is 35.5. The number of aromatic nitrogens is 3. The number of rotatable bonds is 5. The third-order valence-electron chi connectivity index (χ3n) is 3.69. The Bertz CT molecular complexity index is 419. The molecule has 6 heteroatoms. The molecule has 19 heavy (non-hydrogen) atoms. The Morgan fingerprint density at radius 1 is 1.21 bits per heavy atom. The maximum absolute atomic E-state index is 6.06. The number of nitrogens with zero attached hydrogens (tertiary/aromatic N) is 5. The second-order valence-electron chi connectivity index (χ2n) is 4.94. The van der Waals surface area contributed by atoms with Crippen LogP contribution in [-0.4, -0.2) is 40.6 Å². The maximum Gasteiger partial charge on any atom is 0.231 e. The Labute approximate surface area is 120 Å². The zero-order valence-electron chi connectivity index (χ0n) is 11.9. The van der Waals surface area contributed by atoms with Gasteiger partial charge in [-0.2, -0.15) is 15.0 Å². The van der Waals surface area contributed by atoms with Crippen molar-refractivity contribution in [3.05, 3.63) is 5.28 Å². The van der Waals surface area contributed by atoms with Gasteiger partial charge in [0.25, 0.3) is 0 Å². The van der Waals surface area contributed by atoms with Crippen molar-refractivity contribution in [1.82, 2.24) is 15.0 Å². The summed E-state index contributed by atoms with van der Waals surface area (Å²) >= 11 is 6.06. The molecular formula is C13H22ClN5. The summed E-state index contributed by atoms with van der Waals surface area (Å²) in [6.07, 6.45) is 3.44. The summed E-state index contributed by atoms with van der Waals surface area (Å²) in [6, 6.07) is 0.398. The topological polar surface area (TPSA) is 45.2 Å². The lowest BCUT2D eigenvalue weighted by Crippen LogP contribution is -2.34. The van der Waals surface area contributed by atoms with Gasteiger partial charge in [0, 0.05) is 25.7 Å². The largest absolute Gasteiger partial charge is 0.341 e. The first kappa shape index (κ1) is 14.3. The van der Waals surface area contributed by atoms with Crippen molar-refractivity contribution in [3.8, 4) is 0 Å². The SMILES string of the molecule is CCC(C)N(CC)c1nc(Cl)nc(N2CCCC2)n1. The van der Waals surface area contributed by atoms with Gasteiger partial charge in [0.05, 0.1) is 0 Å². The summed E-state index contributed by atoms with van der Waals surface area (Å²) in [7, 11) is 0. The van der Waals surface area contributed by atoms with E-state index in [1.165, 1.54) is 12.8 Å². The molecule has 1 fully saturated rings. The normalized spacial score (nSPS) is 16.7. The van der Waals surface area contributed by atoms with E-state index in [0.29, 0.717) is 17.9 Å². The van der Waals surface area contributed by atoms with Gasteiger partial charge in [-0.1, -0.05) is 6.92 Å². The van der Waals surface area contributed by atoms with Crippen LogP contribution in [0.5, 0.6) is 0 Å². The minimum Gasteiger partial charge on any atom is -0.341 e. The fraction of sp³-hybridized carbons (Fsp3) is 0.769. The van der Waals surface area contributed by atoms with Crippen LogP contribution in [0.1, 0.15) is 40.0 Å². The summed E-state index contributed by atoms with van der Waals surface area (Å²) in [4.78, 5) is 17.5. The fourth-order valence-corrected chi connectivity index (χ4v) is 2.54. The minimum absolute atomic E-state index is 0.286. The lowest BCUT2D eigenvalue weighted by molar-refractivity contribution is 0.612. The van der Waals surface area contributed by atoms with Gasteiger partial charge in [0.2, 0.25) is 17.2 Å². The summed E-state index contributed by atoms with van der Waals surface area (Å²) in [5, 5.41) is 0.286. The third-order valence-corrected chi connectivity index (χ3v) is 3.86. The highest BCUT2D eigenvalue weighted by Crippen LogP contribution is 2.21. The van der Waals surface area contributed by atoms with Gasteiger partial charge in [-0.3, -0.25) is 0 Å². The van der Waals surface area contributed by atoms with Crippen molar-refractivity contribution in [2.45, 2.75) is 46.1 Å². The summed E-state index contributed by atoms with van der Waals surface area (Å²) in [5.74, 6) is 1.41. The number of anilines is 2. The predicted octanol–water partition coefficient (Wildman–Crippen LogP) is 2.75. The van der Waals surface area contributed by atoms with Gasteiger partial charge in [-0.25, -0.2) is 0 Å². The zero-order chi connectivity index (χ0) is 13.8. The molecule has 2 heterocycles. The van der Waals surface area contributed by atoms with E-state index in [9.17, 15) is 0 Å². The molecule has 106 valence electrons. The summed E-state index contributed by atoms with van der Waals surface area (Å²) in [5.41, 5.74) is 0. The first-order chi connectivity index (χ1) is 9.15. The van der Waals surface area contributed by atoms with Crippen LogP contribution < -0.4 is 9.80 Å². The first-order valence-corrected chi connectivity index (χ1v) is 7.46. The minimum atomic E-state index is 0.286. The summed E-state index contributed by atoms with van der Waals surface area (Å²) < 4.78 is 0. The Morgan fingerprint density at radius 2 is 1.89 bits per heavy atom. The van der Waals surface area contributed by atoms with Crippen LogP contribution in [0.15, 0.2) is 0 Å². The smallest absolute Gasteiger partial charge is 0.231 e. The van der Waals surface area contributed by atoms with Crippen LogP contribution in [0.2, 0.25) is 5.28 Å². The van der Waals surface area contributed by atoms with Gasteiger partial charge in [-0.15, -0.1) is 0 Å². The number of hydrogen-bond acceptors (Lipinski definition) is 5. The molecule has 1 saturated heterocycles. The van der Waals surface area contributed by atoms with Crippen LogP contribution in [0, 0.1) is 0 Å². The lowest BCUT2D eigenvalue weighted by Gasteiger charge is -2.28. The highest BCUT2D eigenvalue weighted by molar-refractivity contribution is 6.28. The average molecular weight is 284 g/mol. The third kappa shape index (κ3) is 3.26. The predicted molar refractivity (Wildman–Crippen MR) is 79.1 cm³/mol. The van der Waals surface area contributed by atoms with Gasteiger partial charge < -0.3 is 9.80 Å². The molecule has 1 atom stereocenters. The van der Waals surface area contributed by atoms with Crippen LogP contribution in [0.3, 0.4) is 0 Å². The monoisotopic (exact) mass is 283 g/mol. The molecule has 0 amide bonds. The van der Waals surface area contributed by atoms with Crippen molar-refractivity contribution in [1.29, 1.82) is 0 Å². The molecule has 1 aromatic heterocycles. The van der Waals surface area contributed by atoms with Crippen LogP contribution >= 0.6 is 11.6 Å². The molecular weight excluding hydrogens is 262 g/mol. The molecule has 0 aliphatic carbocycles. The van der Waals surface area contributed by atoms with Crippen LogP contribution in [0.4, 0.5) is 11.9 Å². The summed E-state index contributed by atoms with van der Waals surface area (Å²) in [6.45, 7) is 9.34. The molecule has 1 aliphatic rings.